The van der Waals surface area contributed by atoms with Crippen molar-refractivity contribution in [1.29, 1.82) is 0 Å². The molecule has 0 aromatic rings. The average molecular weight is 170 g/mol. The van der Waals surface area contributed by atoms with Crippen molar-refractivity contribution < 1.29 is 14.4 Å². The minimum Gasteiger partial charge on any atom is -0.456 e. The van der Waals surface area contributed by atoms with Crippen molar-refractivity contribution in [2.75, 3.05) is 19.6 Å². The number of hydrogen-bond donors (Lipinski definition) is 1. The molecule has 3 nitrogen and oxygen atoms in total. The van der Waals surface area contributed by atoms with E-state index in [2.05, 4.69) is 0 Å². The lowest BCUT2D eigenvalue weighted by Gasteiger charge is -2.40. The second-order valence-electron chi connectivity index (χ2n) is 3.94. The van der Waals surface area contributed by atoms with Gasteiger partial charge in [-0.1, -0.05) is 0 Å². The van der Waals surface area contributed by atoms with Gasteiger partial charge in [0.1, 0.15) is 6.54 Å². The van der Waals surface area contributed by atoms with Gasteiger partial charge in [-0.3, -0.25) is 4.79 Å². The zero-order chi connectivity index (χ0) is 8.55. The highest BCUT2D eigenvalue weighted by atomic mass is 16.5. The normalized spacial score (nSPS) is 39.6. The second-order valence-corrected chi connectivity index (χ2v) is 3.94. The van der Waals surface area contributed by atoms with Crippen molar-refractivity contribution in [2.45, 2.75) is 25.9 Å². The van der Waals surface area contributed by atoms with E-state index in [1.54, 1.807) is 4.90 Å². The Hall–Kier alpha value is -0.570. The minimum absolute atomic E-state index is 0.117. The number of hydrogen-bond acceptors (Lipinski definition) is 2. The predicted molar refractivity (Wildman–Crippen MR) is 43.8 cm³/mol. The number of carbonyl (C=O) groups excluding carboxylic acids is 1. The van der Waals surface area contributed by atoms with Crippen LogP contribution in [0.25, 0.3) is 0 Å². The molecule has 0 aromatic carbocycles. The van der Waals surface area contributed by atoms with Crippen molar-refractivity contribution >= 4 is 5.97 Å². The second kappa shape index (κ2) is 3.05. The average Bonchev–Trinajstić information content (AvgIpc) is 2.05. The summed E-state index contributed by atoms with van der Waals surface area (Å²) in [5, 5.41) is 0. The van der Waals surface area contributed by atoms with Gasteiger partial charge in [0, 0.05) is 25.7 Å². The molecular formula is C9H16NO2+. The third-order valence-corrected chi connectivity index (χ3v) is 3.07. The Kier molecular flexibility index (Phi) is 2.05. The molecule has 3 rings (SSSR count). The zero-order valence-corrected chi connectivity index (χ0v) is 7.51. The molecule has 3 aliphatic rings. The Morgan fingerprint density at radius 3 is 2.50 bits per heavy atom. The first kappa shape index (κ1) is 8.05. The van der Waals surface area contributed by atoms with E-state index >= 15 is 0 Å². The van der Waals surface area contributed by atoms with Crippen LogP contribution in [0.3, 0.4) is 0 Å². The van der Waals surface area contributed by atoms with Crippen molar-refractivity contribution in [2.24, 2.45) is 5.92 Å². The maximum Gasteiger partial charge on any atom is 0.303 e. The van der Waals surface area contributed by atoms with E-state index in [1.165, 1.54) is 32.9 Å². The molecule has 0 amide bonds. The molecule has 0 aromatic heterocycles. The molecule has 1 atom stereocenters. The molecule has 0 radical (unpaired) electrons. The van der Waals surface area contributed by atoms with Gasteiger partial charge in [-0.25, -0.2) is 0 Å². The molecule has 3 heteroatoms. The lowest BCUT2D eigenvalue weighted by atomic mass is 9.86. The van der Waals surface area contributed by atoms with E-state index < -0.39 is 0 Å². The Balaban J connectivity index is 1.95. The highest BCUT2D eigenvalue weighted by molar-refractivity contribution is 5.66. The van der Waals surface area contributed by atoms with Gasteiger partial charge in [-0.15, -0.1) is 0 Å². The molecular weight excluding hydrogens is 154 g/mol. The maximum absolute atomic E-state index is 10.8. The fourth-order valence-electron chi connectivity index (χ4n) is 2.43. The third kappa shape index (κ3) is 1.46. The van der Waals surface area contributed by atoms with E-state index in [-0.39, 0.29) is 12.1 Å². The van der Waals surface area contributed by atoms with E-state index in [9.17, 15) is 4.79 Å². The SMILES string of the molecule is CC(=O)O[C@@H]1C[NH+]2CCC1CC2. The quantitative estimate of drug-likeness (QED) is 0.524. The highest BCUT2D eigenvalue weighted by Gasteiger charge is 2.39. The lowest BCUT2D eigenvalue weighted by Crippen LogP contribution is -3.16. The molecule has 68 valence electrons. The third-order valence-electron chi connectivity index (χ3n) is 3.07. The van der Waals surface area contributed by atoms with Crippen LogP contribution in [0.2, 0.25) is 0 Å². The first-order chi connectivity index (χ1) is 5.75. The first-order valence-corrected chi connectivity index (χ1v) is 4.76. The summed E-state index contributed by atoms with van der Waals surface area (Å²) in [7, 11) is 0. The van der Waals surface area contributed by atoms with Gasteiger partial charge in [0.05, 0.1) is 13.1 Å². The van der Waals surface area contributed by atoms with Crippen LogP contribution < -0.4 is 4.90 Å². The van der Waals surface area contributed by atoms with Crippen molar-refractivity contribution in [3.63, 3.8) is 0 Å². The lowest BCUT2D eigenvalue weighted by molar-refractivity contribution is -0.920. The number of carbonyl (C=O) groups is 1. The van der Waals surface area contributed by atoms with E-state index in [1.807, 2.05) is 0 Å². The van der Waals surface area contributed by atoms with Crippen molar-refractivity contribution in [3.8, 4) is 0 Å². The van der Waals surface area contributed by atoms with Crippen molar-refractivity contribution in [1.82, 2.24) is 0 Å². The van der Waals surface area contributed by atoms with Crippen molar-refractivity contribution in [3.05, 3.63) is 0 Å². The fourth-order valence-corrected chi connectivity index (χ4v) is 2.43. The van der Waals surface area contributed by atoms with Crippen LogP contribution in [-0.4, -0.2) is 31.7 Å². The van der Waals surface area contributed by atoms with Crippen LogP contribution in [0.5, 0.6) is 0 Å². The largest absolute Gasteiger partial charge is 0.456 e. The predicted octanol–water partition coefficient (Wildman–Crippen LogP) is -0.773. The molecule has 2 bridgehead atoms. The van der Waals surface area contributed by atoms with Crippen LogP contribution in [0.15, 0.2) is 0 Å². The monoisotopic (exact) mass is 170 g/mol. The van der Waals surface area contributed by atoms with Gasteiger partial charge in [0.25, 0.3) is 0 Å². The van der Waals surface area contributed by atoms with Crippen LogP contribution in [0.1, 0.15) is 19.8 Å². The van der Waals surface area contributed by atoms with Gasteiger partial charge in [0.2, 0.25) is 0 Å². The molecule has 0 spiro atoms. The van der Waals surface area contributed by atoms with Crippen LogP contribution >= 0.6 is 0 Å². The molecule has 1 N–H and O–H groups in total. The van der Waals surface area contributed by atoms with E-state index in [0.717, 1.165) is 6.54 Å². The number of fused-ring (bicyclic) bond motifs is 3. The van der Waals surface area contributed by atoms with E-state index in [0.29, 0.717) is 5.92 Å². The van der Waals surface area contributed by atoms with E-state index in [4.69, 9.17) is 4.74 Å². The number of quaternary nitrogens is 1. The molecule has 12 heavy (non-hydrogen) atoms. The maximum atomic E-state index is 10.8. The number of esters is 1. The summed E-state index contributed by atoms with van der Waals surface area (Å²) in [5.41, 5.74) is 0. The molecule has 0 aliphatic carbocycles. The molecule has 0 saturated carbocycles. The van der Waals surface area contributed by atoms with Crippen LogP contribution in [0, 0.1) is 5.92 Å². The van der Waals surface area contributed by atoms with Gasteiger partial charge in [-0.2, -0.15) is 0 Å². The summed E-state index contributed by atoms with van der Waals surface area (Å²) in [6, 6.07) is 0. The van der Waals surface area contributed by atoms with Crippen LogP contribution in [-0.2, 0) is 9.53 Å². The smallest absolute Gasteiger partial charge is 0.303 e. The fraction of sp³-hybridized carbons (Fsp3) is 0.889. The standard InChI is InChI=1S/C9H15NO2/c1-7(11)12-9-6-10-4-2-8(9)3-5-10/h8-9H,2-6H2,1H3/p+1/t9-/m1/s1. The summed E-state index contributed by atoms with van der Waals surface area (Å²) >= 11 is 0. The highest BCUT2D eigenvalue weighted by Crippen LogP contribution is 2.20. The minimum atomic E-state index is -0.117. The zero-order valence-electron chi connectivity index (χ0n) is 7.51. The van der Waals surface area contributed by atoms with Crippen LogP contribution in [0.4, 0.5) is 0 Å². The number of ether oxygens (including phenoxy) is 1. The summed E-state index contributed by atoms with van der Waals surface area (Å²) in [5.74, 6) is 0.541. The first-order valence-electron chi connectivity index (χ1n) is 4.76. The Bertz CT molecular complexity index is 185. The van der Waals surface area contributed by atoms with Gasteiger partial charge in [0.15, 0.2) is 6.10 Å². The topological polar surface area (TPSA) is 30.7 Å². The summed E-state index contributed by atoms with van der Waals surface area (Å²) in [6.45, 7) is 5.11. The number of rotatable bonds is 1. The molecule has 3 fully saturated rings. The Labute approximate surface area is 72.7 Å². The molecule has 0 unspecified atom stereocenters. The number of nitrogens with one attached hydrogen (secondary N) is 1. The summed E-state index contributed by atoms with van der Waals surface area (Å²) in [4.78, 5) is 12.4. The Morgan fingerprint density at radius 2 is 2.08 bits per heavy atom. The number of piperidine rings is 3. The van der Waals surface area contributed by atoms with Gasteiger partial charge < -0.3 is 9.64 Å². The molecule has 3 heterocycles. The Morgan fingerprint density at radius 1 is 1.42 bits per heavy atom. The molecule has 3 aliphatic heterocycles. The van der Waals surface area contributed by atoms with Gasteiger partial charge in [-0.05, 0) is 0 Å². The molecule has 3 saturated heterocycles. The summed E-state index contributed by atoms with van der Waals surface area (Å²) in [6.07, 6.45) is 2.71. The van der Waals surface area contributed by atoms with Gasteiger partial charge >= 0.3 is 5.97 Å². The summed E-state index contributed by atoms with van der Waals surface area (Å²) < 4.78 is 5.27.